The lowest BCUT2D eigenvalue weighted by molar-refractivity contribution is -0.131. The first-order valence-electron chi connectivity index (χ1n) is 17.1. The van der Waals surface area contributed by atoms with Gasteiger partial charge in [0.15, 0.2) is 5.82 Å². The number of H-pyrrole nitrogens is 1. The van der Waals surface area contributed by atoms with Crippen LogP contribution in [0.2, 0.25) is 0 Å². The first-order valence-corrected chi connectivity index (χ1v) is 18.8. The molecular formula is C38H47N9O3S. The van der Waals surface area contributed by atoms with Gasteiger partial charge < -0.3 is 15.0 Å². The Bertz CT molecular complexity index is 1900. The van der Waals surface area contributed by atoms with Crippen LogP contribution in [0.5, 0.6) is 5.88 Å². The van der Waals surface area contributed by atoms with Gasteiger partial charge in [-0.3, -0.25) is 24.3 Å². The summed E-state index contributed by atoms with van der Waals surface area (Å²) in [5.74, 6) is 1.59. The molecule has 0 radical (unpaired) electrons. The highest BCUT2D eigenvalue weighted by Crippen LogP contribution is 2.29. The van der Waals surface area contributed by atoms with Gasteiger partial charge in [-0.25, -0.2) is 9.97 Å². The van der Waals surface area contributed by atoms with E-state index in [2.05, 4.69) is 65.8 Å². The number of hydrogen-bond acceptors (Lipinski definition) is 9. The number of pyridine rings is 1. The average Bonchev–Trinajstić information content (AvgIpc) is 3.91. The quantitative estimate of drug-likeness (QED) is 0.173. The number of nitrogens with one attached hydrogen (secondary N) is 2. The summed E-state index contributed by atoms with van der Waals surface area (Å²) in [5.41, 5.74) is 6.84. The number of thioether (sulfide) groups is 1. The molecule has 13 heteroatoms. The number of amides is 2. The lowest BCUT2D eigenvalue weighted by atomic mass is 9.98. The Kier molecular flexibility index (Phi) is 13.4. The largest absolute Gasteiger partial charge is 0.475 e. The zero-order valence-electron chi connectivity index (χ0n) is 30.0. The van der Waals surface area contributed by atoms with E-state index in [9.17, 15) is 9.59 Å². The normalized spacial score (nSPS) is 14.3. The van der Waals surface area contributed by atoms with Crippen molar-refractivity contribution < 1.29 is 14.3 Å². The molecule has 7 rings (SSSR count). The summed E-state index contributed by atoms with van der Waals surface area (Å²) in [5, 5.41) is 15.2. The maximum Gasteiger partial charge on any atom is 0.237 e. The Morgan fingerprint density at radius 3 is 2.33 bits per heavy atom. The van der Waals surface area contributed by atoms with E-state index in [1.165, 1.54) is 24.0 Å². The Morgan fingerprint density at radius 2 is 1.73 bits per heavy atom. The number of nitrogens with zero attached hydrogens (tertiary/aromatic N) is 7. The Balaban J connectivity index is 0.000000186. The first-order chi connectivity index (χ1) is 24.8. The lowest BCUT2D eigenvalue weighted by Crippen LogP contribution is -2.41. The lowest BCUT2D eigenvalue weighted by Gasteiger charge is -2.28. The van der Waals surface area contributed by atoms with E-state index in [0.29, 0.717) is 25.4 Å². The number of aromatic nitrogens is 6. The van der Waals surface area contributed by atoms with Gasteiger partial charge in [-0.15, -0.1) is 0 Å². The van der Waals surface area contributed by atoms with E-state index < -0.39 is 0 Å². The fourth-order valence-electron chi connectivity index (χ4n) is 5.92. The molecule has 12 nitrogen and oxygen atoms in total. The van der Waals surface area contributed by atoms with Crippen LogP contribution in [0.4, 0.5) is 5.69 Å². The Labute approximate surface area is 303 Å². The van der Waals surface area contributed by atoms with Crippen LogP contribution in [0.15, 0.2) is 73.2 Å². The van der Waals surface area contributed by atoms with Crippen molar-refractivity contribution in [3.63, 3.8) is 0 Å². The number of likely N-dealkylation sites (tertiary alicyclic amines) is 1. The van der Waals surface area contributed by atoms with Crippen LogP contribution in [-0.2, 0) is 16.6 Å². The summed E-state index contributed by atoms with van der Waals surface area (Å²) in [6.07, 6.45) is 13.8. The van der Waals surface area contributed by atoms with Crippen LogP contribution in [0, 0.1) is 0 Å². The third kappa shape index (κ3) is 10.3. The minimum Gasteiger partial charge on any atom is -0.475 e. The van der Waals surface area contributed by atoms with E-state index in [0.717, 1.165) is 65.3 Å². The minimum atomic E-state index is 0.0848. The zero-order valence-corrected chi connectivity index (χ0v) is 30.8. The summed E-state index contributed by atoms with van der Waals surface area (Å²) < 4.78 is 7.25. The van der Waals surface area contributed by atoms with E-state index in [-0.39, 0.29) is 12.0 Å². The number of anilines is 1. The fourth-order valence-corrected chi connectivity index (χ4v) is 5.92. The van der Waals surface area contributed by atoms with E-state index in [4.69, 9.17) is 4.74 Å². The minimum absolute atomic E-state index is 0.0848. The SMILES string of the molecule is CC(C)Oc1ccc(-c2n[nH]c3ccc(NC=O)cc23)cn1.CSC.Cn1cnc(-c2ccc(C3=CCN(C(=O)CN4CCCC4)CC3)cc2)n1. The molecule has 268 valence electrons. The van der Waals surface area contributed by atoms with Crippen molar-refractivity contribution in [1.82, 2.24) is 39.7 Å². The van der Waals surface area contributed by atoms with Crippen LogP contribution in [0.3, 0.4) is 0 Å². The van der Waals surface area contributed by atoms with Gasteiger partial charge in [-0.1, -0.05) is 30.3 Å². The molecule has 0 aliphatic carbocycles. The van der Waals surface area contributed by atoms with Crippen molar-refractivity contribution in [1.29, 1.82) is 0 Å². The number of carbonyl (C=O) groups is 2. The van der Waals surface area contributed by atoms with Gasteiger partial charge in [0.05, 0.1) is 18.2 Å². The molecule has 2 amide bonds. The molecule has 0 bridgehead atoms. The number of aromatic amines is 1. The van der Waals surface area contributed by atoms with Crippen LogP contribution in [-0.4, -0.2) is 103 Å². The molecule has 0 saturated carbocycles. The van der Waals surface area contributed by atoms with Crippen LogP contribution >= 0.6 is 11.8 Å². The molecule has 1 fully saturated rings. The smallest absolute Gasteiger partial charge is 0.237 e. The number of benzene rings is 2. The first kappa shape index (κ1) is 37.3. The van der Waals surface area contributed by atoms with Gasteiger partial charge in [0, 0.05) is 54.6 Å². The van der Waals surface area contributed by atoms with E-state index in [1.807, 2.05) is 68.6 Å². The maximum absolute atomic E-state index is 12.4. The number of fused-ring (bicyclic) bond motifs is 1. The van der Waals surface area contributed by atoms with E-state index in [1.54, 1.807) is 29.0 Å². The second-order valence-corrected chi connectivity index (χ2v) is 13.5. The maximum atomic E-state index is 12.4. The topological polar surface area (TPSA) is 134 Å². The van der Waals surface area contributed by atoms with Gasteiger partial charge in [-0.2, -0.15) is 22.0 Å². The highest BCUT2D eigenvalue weighted by atomic mass is 32.2. The third-order valence-corrected chi connectivity index (χ3v) is 8.39. The number of aryl methyl sites for hydroxylation is 1. The molecule has 51 heavy (non-hydrogen) atoms. The summed E-state index contributed by atoms with van der Waals surface area (Å²) >= 11 is 1.75. The Hall–Kier alpha value is -5.01. The molecule has 2 aromatic carbocycles. The summed E-state index contributed by atoms with van der Waals surface area (Å²) in [6.45, 7) is 8.15. The molecular weight excluding hydrogens is 663 g/mol. The number of hydrogen-bond donors (Lipinski definition) is 2. The molecule has 5 aromatic rings. The predicted octanol–water partition coefficient (Wildman–Crippen LogP) is 6.15. The van der Waals surface area contributed by atoms with E-state index >= 15 is 0 Å². The number of rotatable bonds is 9. The molecule has 2 N–H and O–H groups in total. The molecule has 0 atom stereocenters. The van der Waals surface area contributed by atoms with Gasteiger partial charge >= 0.3 is 0 Å². The molecule has 5 heterocycles. The van der Waals surface area contributed by atoms with Crippen molar-refractivity contribution in [2.45, 2.75) is 39.2 Å². The van der Waals surface area contributed by atoms with Crippen molar-refractivity contribution in [3.05, 3.63) is 78.8 Å². The summed E-state index contributed by atoms with van der Waals surface area (Å²) in [6, 6.07) is 17.7. The van der Waals surface area contributed by atoms with Crippen LogP contribution < -0.4 is 10.1 Å². The number of ether oxygens (including phenoxy) is 1. The predicted molar refractivity (Wildman–Crippen MR) is 206 cm³/mol. The zero-order chi connectivity index (χ0) is 36.2. The third-order valence-electron chi connectivity index (χ3n) is 8.39. The molecule has 1 saturated heterocycles. The van der Waals surface area contributed by atoms with Crippen LogP contribution in [0.1, 0.15) is 38.7 Å². The highest BCUT2D eigenvalue weighted by molar-refractivity contribution is 7.97. The Morgan fingerprint density at radius 1 is 1.00 bits per heavy atom. The van der Waals surface area contributed by atoms with Gasteiger partial charge in [-0.05, 0) is 94.1 Å². The molecule has 2 aliphatic heterocycles. The van der Waals surface area contributed by atoms with Crippen molar-refractivity contribution >= 4 is 46.2 Å². The van der Waals surface area contributed by atoms with Gasteiger partial charge in [0.2, 0.25) is 18.2 Å². The van der Waals surface area contributed by atoms with Gasteiger partial charge in [0.25, 0.3) is 0 Å². The molecule has 3 aromatic heterocycles. The average molecular weight is 710 g/mol. The van der Waals surface area contributed by atoms with Crippen molar-refractivity contribution in [2.75, 3.05) is 50.6 Å². The standard InChI is InChI=1S/C20H25N5O.C16H16N4O2.C2H6S/c1-23-15-21-20(22-23)18-6-4-16(5-7-18)17-8-12-25(13-9-17)19(26)14-24-10-2-3-11-24;1-10(2)22-15-6-3-11(8-17-15)16-13-7-12(18-9-21)4-5-14(13)19-20-16;1-3-2/h4-8,15H,2-3,9-14H2,1H3;3-10H,1-2H3,(H,18,21)(H,19,20);1-2H3. The summed E-state index contributed by atoms with van der Waals surface area (Å²) in [4.78, 5) is 35.8. The molecule has 2 aliphatic rings. The van der Waals surface area contributed by atoms with Crippen molar-refractivity contribution in [3.8, 4) is 28.5 Å². The second kappa shape index (κ2) is 18.3. The highest BCUT2D eigenvalue weighted by Gasteiger charge is 2.22. The van der Waals surface area contributed by atoms with Crippen molar-refractivity contribution in [2.24, 2.45) is 7.05 Å². The fraction of sp³-hybridized carbons (Fsp3) is 0.368. The van der Waals surface area contributed by atoms with Gasteiger partial charge in [0.1, 0.15) is 12.0 Å². The van der Waals surface area contributed by atoms with Crippen LogP contribution in [0.25, 0.3) is 39.1 Å². The molecule has 0 spiro atoms. The number of carbonyl (C=O) groups excluding carboxylic acids is 2. The monoisotopic (exact) mass is 709 g/mol. The second-order valence-electron chi connectivity index (χ2n) is 12.7. The molecule has 0 unspecified atom stereocenters. The summed E-state index contributed by atoms with van der Waals surface area (Å²) in [7, 11) is 1.87.